The summed E-state index contributed by atoms with van der Waals surface area (Å²) >= 11 is 0. The zero-order chi connectivity index (χ0) is 8.72. The normalized spacial score (nSPS) is 17.2. The van der Waals surface area contributed by atoms with Crippen LogP contribution in [0.25, 0.3) is 0 Å². The summed E-state index contributed by atoms with van der Waals surface area (Å²) in [5.41, 5.74) is 0.892. The van der Waals surface area contributed by atoms with Crippen molar-refractivity contribution in [3.63, 3.8) is 0 Å². The fourth-order valence-corrected chi connectivity index (χ4v) is 1.31. The Hall–Kier alpha value is -0.990. The lowest BCUT2D eigenvalue weighted by Gasteiger charge is -2.02. The number of hydrogen-bond donors (Lipinski definition) is 1. The molecule has 0 bridgehead atoms. The minimum atomic E-state index is 0.336. The number of aromatic hydroxyl groups is 1. The molecule has 2 rings (SSSR count). The van der Waals surface area contributed by atoms with Crippen LogP contribution < -0.4 is 0 Å². The summed E-state index contributed by atoms with van der Waals surface area (Å²) in [5, 5.41) is 13.8. The van der Waals surface area contributed by atoms with Gasteiger partial charge in [-0.15, -0.1) is 0 Å². The van der Waals surface area contributed by atoms with E-state index in [1.807, 2.05) is 4.68 Å². The first-order valence-electron chi connectivity index (χ1n) is 4.46. The molecule has 0 atom stereocenters. The number of aromatic nitrogens is 2. The van der Waals surface area contributed by atoms with Crippen molar-refractivity contribution in [3.8, 4) is 5.75 Å². The van der Waals surface area contributed by atoms with Gasteiger partial charge in [0, 0.05) is 12.0 Å². The van der Waals surface area contributed by atoms with Crippen LogP contribution in [0, 0.1) is 0 Å². The minimum Gasteiger partial charge on any atom is -0.504 e. The van der Waals surface area contributed by atoms with Crippen LogP contribution in [-0.2, 0) is 0 Å². The molecule has 0 saturated heterocycles. The van der Waals surface area contributed by atoms with E-state index in [1.54, 1.807) is 6.20 Å². The predicted octanol–water partition coefficient (Wildman–Crippen LogP) is 2.05. The van der Waals surface area contributed by atoms with E-state index in [0.29, 0.717) is 17.7 Å². The highest BCUT2D eigenvalue weighted by Crippen LogP contribution is 2.43. The Balaban J connectivity index is 2.30. The van der Waals surface area contributed by atoms with Crippen molar-refractivity contribution < 1.29 is 5.11 Å². The predicted molar refractivity (Wildman–Crippen MR) is 46.3 cm³/mol. The van der Waals surface area contributed by atoms with Crippen molar-refractivity contribution >= 4 is 0 Å². The maximum Gasteiger partial charge on any atom is 0.157 e. The van der Waals surface area contributed by atoms with Crippen LogP contribution in [0.2, 0.25) is 0 Å². The summed E-state index contributed by atoms with van der Waals surface area (Å²) in [6.07, 6.45) is 4.09. The lowest BCUT2D eigenvalue weighted by atomic mass is 10.3. The van der Waals surface area contributed by atoms with Crippen molar-refractivity contribution in [2.75, 3.05) is 0 Å². The van der Waals surface area contributed by atoms with Crippen LogP contribution in [0.5, 0.6) is 5.75 Å². The number of rotatable bonds is 2. The van der Waals surface area contributed by atoms with Crippen molar-refractivity contribution in [3.05, 3.63) is 11.9 Å². The second-order valence-corrected chi connectivity index (χ2v) is 3.75. The molecule has 1 saturated carbocycles. The highest BCUT2D eigenvalue weighted by Gasteiger charge is 2.29. The molecule has 0 amide bonds. The molecule has 12 heavy (non-hydrogen) atoms. The topological polar surface area (TPSA) is 38.0 Å². The SMILES string of the molecule is CC(C)n1cc(O)c(C2CC2)n1. The first-order chi connectivity index (χ1) is 5.68. The van der Waals surface area contributed by atoms with E-state index in [1.165, 1.54) is 12.8 Å². The summed E-state index contributed by atoms with van der Waals surface area (Å²) in [4.78, 5) is 0. The summed E-state index contributed by atoms with van der Waals surface area (Å²) < 4.78 is 1.82. The largest absolute Gasteiger partial charge is 0.504 e. The van der Waals surface area contributed by atoms with E-state index >= 15 is 0 Å². The molecule has 3 nitrogen and oxygen atoms in total. The summed E-state index contributed by atoms with van der Waals surface area (Å²) in [6, 6.07) is 0.336. The van der Waals surface area contributed by atoms with Gasteiger partial charge in [0.1, 0.15) is 5.69 Å². The van der Waals surface area contributed by atoms with Gasteiger partial charge in [0.25, 0.3) is 0 Å². The molecule has 3 heteroatoms. The zero-order valence-corrected chi connectivity index (χ0v) is 7.49. The Morgan fingerprint density at radius 3 is 2.67 bits per heavy atom. The number of hydrogen-bond acceptors (Lipinski definition) is 2. The Kier molecular flexibility index (Phi) is 1.60. The molecule has 0 aromatic carbocycles. The standard InChI is InChI=1S/C9H14N2O/c1-6(2)11-5-8(12)9(10-11)7-3-4-7/h5-7,12H,3-4H2,1-2H3. The third-order valence-corrected chi connectivity index (χ3v) is 2.23. The van der Waals surface area contributed by atoms with Gasteiger partial charge in [0.05, 0.1) is 6.20 Å². The van der Waals surface area contributed by atoms with Crippen molar-refractivity contribution in [1.29, 1.82) is 0 Å². The van der Waals surface area contributed by atoms with E-state index in [4.69, 9.17) is 0 Å². The first kappa shape index (κ1) is 7.65. The van der Waals surface area contributed by atoms with Gasteiger partial charge in [-0.25, -0.2) is 0 Å². The molecule has 1 aliphatic rings. The van der Waals surface area contributed by atoms with Gasteiger partial charge in [-0.2, -0.15) is 5.10 Å². The van der Waals surface area contributed by atoms with Crippen LogP contribution >= 0.6 is 0 Å². The van der Waals surface area contributed by atoms with E-state index in [9.17, 15) is 5.11 Å². The molecule has 1 heterocycles. The van der Waals surface area contributed by atoms with Gasteiger partial charge in [-0.3, -0.25) is 4.68 Å². The molecule has 1 N–H and O–H groups in total. The van der Waals surface area contributed by atoms with Crippen LogP contribution in [0.15, 0.2) is 6.20 Å². The number of nitrogens with zero attached hydrogens (tertiary/aromatic N) is 2. The second-order valence-electron chi connectivity index (χ2n) is 3.75. The molecular formula is C9H14N2O. The Morgan fingerprint density at radius 1 is 1.58 bits per heavy atom. The maximum atomic E-state index is 9.51. The Morgan fingerprint density at radius 2 is 2.25 bits per heavy atom. The van der Waals surface area contributed by atoms with Crippen LogP contribution in [0.1, 0.15) is 44.3 Å². The average Bonchev–Trinajstić information content (AvgIpc) is 2.75. The Bertz CT molecular complexity index is 287. The van der Waals surface area contributed by atoms with Gasteiger partial charge >= 0.3 is 0 Å². The van der Waals surface area contributed by atoms with Crippen LogP contribution in [0.3, 0.4) is 0 Å². The smallest absolute Gasteiger partial charge is 0.157 e. The average molecular weight is 166 g/mol. The van der Waals surface area contributed by atoms with Gasteiger partial charge in [0.2, 0.25) is 0 Å². The molecule has 1 aromatic rings. The molecular weight excluding hydrogens is 152 g/mol. The third-order valence-electron chi connectivity index (χ3n) is 2.23. The lowest BCUT2D eigenvalue weighted by Crippen LogP contribution is -2.01. The fourth-order valence-electron chi connectivity index (χ4n) is 1.31. The van der Waals surface area contributed by atoms with Gasteiger partial charge in [-0.05, 0) is 26.7 Å². The maximum absolute atomic E-state index is 9.51. The zero-order valence-electron chi connectivity index (χ0n) is 7.49. The highest BCUT2D eigenvalue weighted by atomic mass is 16.3. The van der Waals surface area contributed by atoms with Crippen LogP contribution in [0.4, 0.5) is 0 Å². The molecule has 1 aliphatic carbocycles. The summed E-state index contributed by atoms with van der Waals surface area (Å²) in [5.74, 6) is 0.899. The molecule has 1 fully saturated rings. The molecule has 0 unspecified atom stereocenters. The van der Waals surface area contributed by atoms with Crippen molar-refractivity contribution in [1.82, 2.24) is 9.78 Å². The highest BCUT2D eigenvalue weighted by molar-refractivity contribution is 5.29. The minimum absolute atomic E-state index is 0.336. The van der Waals surface area contributed by atoms with Crippen molar-refractivity contribution in [2.24, 2.45) is 0 Å². The third kappa shape index (κ3) is 1.19. The van der Waals surface area contributed by atoms with Gasteiger partial charge in [0.15, 0.2) is 5.75 Å². The van der Waals surface area contributed by atoms with E-state index in [2.05, 4.69) is 18.9 Å². The fraction of sp³-hybridized carbons (Fsp3) is 0.667. The van der Waals surface area contributed by atoms with E-state index in [-0.39, 0.29) is 0 Å². The quantitative estimate of drug-likeness (QED) is 0.730. The monoisotopic (exact) mass is 166 g/mol. The van der Waals surface area contributed by atoms with Gasteiger partial charge < -0.3 is 5.11 Å². The van der Waals surface area contributed by atoms with Crippen LogP contribution in [-0.4, -0.2) is 14.9 Å². The first-order valence-corrected chi connectivity index (χ1v) is 4.46. The van der Waals surface area contributed by atoms with E-state index in [0.717, 1.165) is 5.69 Å². The summed E-state index contributed by atoms with van der Waals surface area (Å²) in [7, 11) is 0. The molecule has 0 radical (unpaired) electrons. The second kappa shape index (κ2) is 2.51. The molecule has 0 spiro atoms. The summed E-state index contributed by atoms with van der Waals surface area (Å²) in [6.45, 7) is 4.12. The lowest BCUT2D eigenvalue weighted by molar-refractivity contribution is 0.465. The van der Waals surface area contributed by atoms with Crippen molar-refractivity contribution in [2.45, 2.75) is 38.6 Å². The Labute approximate surface area is 72.0 Å². The molecule has 1 aromatic heterocycles. The molecule has 0 aliphatic heterocycles. The van der Waals surface area contributed by atoms with Gasteiger partial charge in [-0.1, -0.05) is 0 Å². The van der Waals surface area contributed by atoms with E-state index < -0.39 is 0 Å². The molecule has 66 valence electrons.